The first-order chi connectivity index (χ1) is 9.65. The van der Waals surface area contributed by atoms with Crippen molar-refractivity contribution >= 4 is 17.0 Å². The van der Waals surface area contributed by atoms with E-state index in [1.54, 1.807) is 44.7 Å². The second kappa shape index (κ2) is 4.77. The number of rotatable bonds is 2. The Morgan fingerprint density at radius 2 is 2.10 bits per heavy atom. The van der Waals surface area contributed by atoms with Gasteiger partial charge < -0.3 is 9.32 Å². The van der Waals surface area contributed by atoms with Gasteiger partial charge in [-0.3, -0.25) is 9.78 Å². The van der Waals surface area contributed by atoms with Crippen LogP contribution in [0.15, 0.2) is 47.1 Å². The van der Waals surface area contributed by atoms with Gasteiger partial charge >= 0.3 is 0 Å². The number of aromatic nitrogens is 2. The van der Waals surface area contributed by atoms with Crippen LogP contribution in [0.3, 0.4) is 0 Å². The van der Waals surface area contributed by atoms with Crippen molar-refractivity contribution in [2.24, 2.45) is 0 Å². The molecule has 1 aromatic carbocycles. The van der Waals surface area contributed by atoms with Crippen molar-refractivity contribution in [3.63, 3.8) is 0 Å². The van der Waals surface area contributed by atoms with E-state index in [0.29, 0.717) is 17.0 Å². The lowest BCUT2D eigenvalue weighted by Gasteiger charge is -2.09. The fourth-order valence-electron chi connectivity index (χ4n) is 1.93. The number of hydrogen-bond donors (Lipinski definition) is 0. The van der Waals surface area contributed by atoms with Crippen LogP contribution in [0.4, 0.5) is 0 Å². The molecule has 0 saturated carbocycles. The number of carbonyl (C=O) groups excluding carboxylic acids is 1. The first-order valence-corrected chi connectivity index (χ1v) is 6.18. The molecule has 0 aliphatic heterocycles. The van der Waals surface area contributed by atoms with Crippen LogP contribution in [0.2, 0.25) is 0 Å². The minimum atomic E-state index is -0.0637. The van der Waals surface area contributed by atoms with Crippen molar-refractivity contribution in [2.75, 3.05) is 14.1 Å². The van der Waals surface area contributed by atoms with Crippen molar-refractivity contribution in [1.82, 2.24) is 14.9 Å². The number of amides is 1. The quantitative estimate of drug-likeness (QED) is 0.716. The Bertz CT molecular complexity index is 763. The molecule has 0 bridgehead atoms. The predicted octanol–water partition coefficient (Wildman–Crippen LogP) is 2.59. The number of benzene rings is 1. The summed E-state index contributed by atoms with van der Waals surface area (Å²) >= 11 is 0. The Kier molecular flexibility index (Phi) is 2.95. The molecule has 3 rings (SSSR count). The molecule has 0 aliphatic rings. The van der Waals surface area contributed by atoms with Gasteiger partial charge in [0.15, 0.2) is 5.58 Å². The van der Waals surface area contributed by atoms with Crippen molar-refractivity contribution in [2.45, 2.75) is 0 Å². The van der Waals surface area contributed by atoms with E-state index in [4.69, 9.17) is 4.42 Å². The summed E-state index contributed by atoms with van der Waals surface area (Å²) in [5.74, 6) is 0.439. The van der Waals surface area contributed by atoms with Gasteiger partial charge in [0, 0.05) is 32.1 Å². The molecule has 0 fully saturated rings. The molecule has 2 aromatic heterocycles. The summed E-state index contributed by atoms with van der Waals surface area (Å²) in [6, 6.07) is 8.95. The highest BCUT2D eigenvalue weighted by atomic mass is 16.3. The van der Waals surface area contributed by atoms with Gasteiger partial charge in [0.05, 0.1) is 5.56 Å². The van der Waals surface area contributed by atoms with E-state index in [0.717, 1.165) is 11.1 Å². The maximum Gasteiger partial charge on any atom is 0.253 e. The molecule has 0 spiro atoms. The van der Waals surface area contributed by atoms with E-state index in [1.165, 1.54) is 4.90 Å². The maximum atomic E-state index is 11.9. The molecule has 0 N–H and O–H groups in total. The smallest absolute Gasteiger partial charge is 0.253 e. The van der Waals surface area contributed by atoms with Crippen LogP contribution in [0.5, 0.6) is 0 Å². The summed E-state index contributed by atoms with van der Waals surface area (Å²) in [5, 5.41) is 0. The van der Waals surface area contributed by atoms with Crippen molar-refractivity contribution in [3.05, 3.63) is 48.3 Å². The molecule has 100 valence electrons. The van der Waals surface area contributed by atoms with E-state index < -0.39 is 0 Å². The summed E-state index contributed by atoms with van der Waals surface area (Å²) in [5.41, 5.74) is 2.70. The average molecular weight is 267 g/mol. The molecule has 0 radical (unpaired) electrons. The van der Waals surface area contributed by atoms with Gasteiger partial charge in [-0.1, -0.05) is 0 Å². The maximum absolute atomic E-state index is 11.9. The van der Waals surface area contributed by atoms with E-state index in [2.05, 4.69) is 9.97 Å². The van der Waals surface area contributed by atoms with Crippen LogP contribution >= 0.6 is 0 Å². The zero-order valence-corrected chi connectivity index (χ0v) is 11.2. The molecule has 2 heterocycles. The normalized spacial score (nSPS) is 10.7. The fourth-order valence-corrected chi connectivity index (χ4v) is 1.93. The van der Waals surface area contributed by atoms with E-state index in [-0.39, 0.29) is 5.91 Å². The number of nitrogens with zero attached hydrogens (tertiary/aromatic N) is 3. The molecule has 5 nitrogen and oxygen atoms in total. The van der Waals surface area contributed by atoms with Gasteiger partial charge in [0.25, 0.3) is 5.91 Å². The minimum Gasteiger partial charge on any atom is -0.436 e. The lowest BCUT2D eigenvalue weighted by atomic mass is 10.2. The molecule has 5 heteroatoms. The summed E-state index contributed by atoms with van der Waals surface area (Å²) in [7, 11) is 3.43. The van der Waals surface area contributed by atoms with Crippen LogP contribution in [-0.4, -0.2) is 34.9 Å². The molecular formula is C15H13N3O2. The molecule has 0 saturated heterocycles. The van der Waals surface area contributed by atoms with Gasteiger partial charge in [0.2, 0.25) is 5.89 Å². The Balaban J connectivity index is 2.06. The Labute approximate surface area is 115 Å². The number of hydrogen-bond acceptors (Lipinski definition) is 4. The molecule has 0 atom stereocenters. The number of fused-ring (bicyclic) bond motifs is 1. The highest BCUT2D eigenvalue weighted by Crippen LogP contribution is 2.24. The standard InChI is InChI=1S/C15H13N3O2/c1-18(2)15(19)10-5-6-12-13(8-10)20-14(17-12)11-4-3-7-16-9-11/h3-9H,1-2H3. The van der Waals surface area contributed by atoms with Crippen LogP contribution in [-0.2, 0) is 0 Å². The van der Waals surface area contributed by atoms with Gasteiger partial charge in [-0.2, -0.15) is 0 Å². The van der Waals surface area contributed by atoms with E-state index in [9.17, 15) is 4.79 Å². The second-order valence-electron chi connectivity index (χ2n) is 4.64. The third-order valence-corrected chi connectivity index (χ3v) is 2.95. The summed E-state index contributed by atoms with van der Waals surface area (Å²) in [6.45, 7) is 0. The predicted molar refractivity (Wildman–Crippen MR) is 75.3 cm³/mol. The number of carbonyl (C=O) groups is 1. The third kappa shape index (κ3) is 2.14. The molecule has 3 aromatic rings. The van der Waals surface area contributed by atoms with Crippen LogP contribution in [0.25, 0.3) is 22.6 Å². The first kappa shape index (κ1) is 12.3. The topological polar surface area (TPSA) is 59.2 Å². The van der Waals surface area contributed by atoms with Crippen molar-refractivity contribution < 1.29 is 9.21 Å². The highest BCUT2D eigenvalue weighted by Gasteiger charge is 2.12. The monoisotopic (exact) mass is 267 g/mol. The minimum absolute atomic E-state index is 0.0637. The molecule has 20 heavy (non-hydrogen) atoms. The van der Waals surface area contributed by atoms with Gasteiger partial charge in [-0.15, -0.1) is 0 Å². The highest BCUT2D eigenvalue weighted by molar-refractivity contribution is 5.96. The van der Waals surface area contributed by atoms with Gasteiger partial charge in [-0.05, 0) is 30.3 Å². The first-order valence-electron chi connectivity index (χ1n) is 6.18. The van der Waals surface area contributed by atoms with Crippen LogP contribution in [0.1, 0.15) is 10.4 Å². The van der Waals surface area contributed by atoms with E-state index >= 15 is 0 Å². The lowest BCUT2D eigenvalue weighted by Crippen LogP contribution is -2.21. The van der Waals surface area contributed by atoms with Crippen molar-refractivity contribution in [1.29, 1.82) is 0 Å². The molecular weight excluding hydrogens is 254 g/mol. The number of pyridine rings is 1. The molecule has 0 aliphatic carbocycles. The Morgan fingerprint density at radius 3 is 2.80 bits per heavy atom. The SMILES string of the molecule is CN(C)C(=O)c1ccc2nc(-c3cccnc3)oc2c1. The lowest BCUT2D eigenvalue weighted by molar-refractivity contribution is 0.0827. The molecule has 0 unspecified atom stereocenters. The zero-order valence-electron chi connectivity index (χ0n) is 11.2. The Morgan fingerprint density at radius 1 is 1.25 bits per heavy atom. The van der Waals surface area contributed by atoms with E-state index in [1.807, 2.05) is 12.1 Å². The third-order valence-electron chi connectivity index (χ3n) is 2.95. The largest absolute Gasteiger partial charge is 0.436 e. The zero-order chi connectivity index (χ0) is 14.1. The van der Waals surface area contributed by atoms with Crippen LogP contribution < -0.4 is 0 Å². The number of oxazole rings is 1. The summed E-state index contributed by atoms with van der Waals surface area (Å²) < 4.78 is 5.70. The average Bonchev–Trinajstić information content (AvgIpc) is 2.90. The molecule has 1 amide bonds. The van der Waals surface area contributed by atoms with Crippen LogP contribution in [0, 0.1) is 0 Å². The summed E-state index contributed by atoms with van der Waals surface area (Å²) in [6.07, 6.45) is 3.39. The van der Waals surface area contributed by atoms with Gasteiger partial charge in [0.1, 0.15) is 5.52 Å². The fraction of sp³-hybridized carbons (Fsp3) is 0.133. The summed E-state index contributed by atoms with van der Waals surface area (Å²) in [4.78, 5) is 21.9. The second-order valence-corrected chi connectivity index (χ2v) is 4.64. The van der Waals surface area contributed by atoms with Crippen molar-refractivity contribution in [3.8, 4) is 11.5 Å². The van der Waals surface area contributed by atoms with Gasteiger partial charge in [-0.25, -0.2) is 4.98 Å². The Hall–Kier alpha value is -2.69.